The van der Waals surface area contributed by atoms with Crippen molar-refractivity contribution in [2.45, 2.75) is 12.5 Å². The number of hydrogen-bond donors (Lipinski definition) is 1. The summed E-state index contributed by atoms with van der Waals surface area (Å²) < 4.78 is 6.60. The third kappa shape index (κ3) is 3.67. The number of carbonyl (C=O) groups is 2. The molecule has 0 fully saturated rings. The van der Waals surface area contributed by atoms with E-state index >= 15 is 0 Å². The zero-order chi connectivity index (χ0) is 18.5. The lowest BCUT2D eigenvalue weighted by molar-refractivity contribution is -0.144. The van der Waals surface area contributed by atoms with Gasteiger partial charge in [-0.3, -0.25) is 4.79 Å². The van der Waals surface area contributed by atoms with E-state index in [2.05, 4.69) is 0 Å². The lowest BCUT2D eigenvalue weighted by atomic mass is 10.0. The average molecular weight is 349 g/mol. The van der Waals surface area contributed by atoms with E-state index in [9.17, 15) is 14.7 Å². The highest BCUT2D eigenvalue weighted by Gasteiger charge is 2.26. The summed E-state index contributed by atoms with van der Waals surface area (Å²) in [5.74, 6) is -0.434. The number of hydrogen-bond acceptors (Lipinski definition) is 4. The summed E-state index contributed by atoms with van der Waals surface area (Å²) in [7, 11) is 1.33. The van der Waals surface area contributed by atoms with Crippen LogP contribution in [0.2, 0.25) is 0 Å². The lowest BCUT2D eigenvalue weighted by Crippen LogP contribution is -2.25. The van der Waals surface area contributed by atoms with Crippen LogP contribution in [-0.4, -0.2) is 28.5 Å². The van der Waals surface area contributed by atoms with Gasteiger partial charge in [0.25, 0.3) is 0 Å². The largest absolute Gasteiger partial charge is 0.508 e. The van der Waals surface area contributed by atoms with Crippen molar-refractivity contribution in [1.82, 2.24) is 4.57 Å². The molecule has 0 spiro atoms. The number of aromatic hydroxyl groups is 1. The SMILES string of the molecule is COC(=O)[C@H](Cc1ccc(O)cc1)n1cccc1C(=O)c1ccccc1. The predicted octanol–water partition coefficient (Wildman–Crippen LogP) is 3.38. The molecule has 0 aliphatic rings. The normalized spacial score (nSPS) is 11.7. The van der Waals surface area contributed by atoms with Gasteiger partial charge in [-0.2, -0.15) is 0 Å². The topological polar surface area (TPSA) is 68.5 Å². The van der Waals surface area contributed by atoms with Crippen molar-refractivity contribution in [2.24, 2.45) is 0 Å². The molecule has 1 aromatic heterocycles. The van der Waals surface area contributed by atoms with Gasteiger partial charge in [-0.15, -0.1) is 0 Å². The van der Waals surface area contributed by atoms with Crippen LogP contribution in [0.15, 0.2) is 72.9 Å². The second-order valence-corrected chi connectivity index (χ2v) is 5.91. The number of nitrogens with zero attached hydrogens (tertiary/aromatic N) is 1. The Morgan fingerprint density at radius 2 is 1.69 bits per heavy atom. The van der Waals surface area contributed by atoms with E-state index in [1.165, 1.54) is 7.11 Å². The molecule has 26 heavy (non-hydrogen) atoms. The molecule has 2 aromatic carbocycles. The first-order valence-corrected chi connectivity index (χ1v) is 8.22. The van der Waals surface area contributed by atoms with Gasteiger partial charge < -0.3 is 14.4 Å². The molecule has 0 bridgehead atoms. The van der Waals surface area contributed by atoms with Gasteiger partial charge in [0.05, 0.1) is 12.8 Å². The molecule has 1 heterocycles. The minimum atomic E-state index is -0.679. The molecule has 0 saturated carbocycles. The summed E-state index contributed by atoms with van der Waals surface area (Å²) in [4.78, 5) is 25.2. The number of phenols is 1. The van der Waals surface area contributed by atoms with Crippen molar-refractivity contribution in [3.8, 4) is 5.75 Å². The Labute approximate surface area is 151 Å². The summed E-state index contributed by atoms with van der Waals surface area (Å²) in [6.07, 6.45) is 2.05. The Kier molecular flexibility index (Phi) is 5.17. The van der Waals surface area contributed by atoms with Crippen LogP contribution < -0.4 is 0 Å². The quantitative estimate of drug-likeness (QED) is 0.547. The second kappa shape index (κ2) is 7.70. The third-order valence-corrected chi connectivity index (χ3v) is 4.22. The molecule has 0 unspecified atom stereocenters. The number of ketones is 1. The number of benzene rings is 2. The number of carbonyl (C=O) groups excluding carboxylic acids is 2. The predicted molar refractivity (Wildman–Crippen MR) is 97.2 cm³/mol. The van der Waals surface area contributed by atoms with Gasteiger partial charge in [-0.1, -0.05) is 42.5 Å². The number of rotatable bonds is 6. The van der Waals surface area contributed by atoms with Gasteiger partial charge in [0.15, 0.2) is 0 Å². The fourth-order valence-electron chi connectivity index (χ4n) is 2.88. The van der Waals surface area contributed by atoms with Crippen LogP contribution in [0.4, 0.5) is 0 Å². The second-order valence-electron chi connectivity index (χ2n) is 5.91. The molecule has 0 aliphatic carbocycles. The van der Waals surface area contributed by atoms with Gasteiger partial charge in [0.2, 0.25) is 5.78 Å². The smallest absolute Gasteiger partial charge is 0.329 e. The fraction of sp³-hybridized carbons (Fsp3) is 0.143. The Morgan fingerprint density at radius 1 is 1.00 bits per heavy atom. The summed E-state index contributed by atoms with van der Waals surface area (Å²) in [6, 6.07) is 18.3. The van der Waals surface area contributed by atoms with E-state index in [1.807, 2.05) is 6.07 Å². The Hall–Kier alpha value is -3.34. The molecule has 1 N–H and O–H groups in total. The zero-order valence-corrected chi connectivity index (χ0v) is 14.3. The van der Waals surface area contributed by atoms with Gasteiger partial charge >= 0.3 is 5.97 Å². The maximum atomic E-state index is 12.8. The van der Waals surface area contributed by atoms with Gasteiger partial charge in [-0.05, 0) is 29.8 Å². The van der Waals surface area contributed by atoms with Crippen LogP contribution in [0, 0.1) is 0 Å². The number of esters is 1. The average Bonchev–Trinajstić information content (AvgIpc) is 3.16. The van der Waals surface area contributed by atoms with E-state index in [0.717, 1.165) is 5.56 Å². The molecule has 5 nitrogen and oxygen atoms in total. The molecule has 3 rings (SSSR count). The number of phenolic OH excluding ortho intramolecular Hbond substituents is 1. The molecule has 132 valence electrons. The molecule has 0 aliphatic heterocycles. The minimum absolute atomic E-state index is 0.157. The molecule has 0 amide bonds. The Balaban J connectivity index is 1.95. The molecular weight excluding hydrogens is 330 g/mol. The van der Waals surface area contributed by atoms with Gasteiger partial charge in [0.1, 0.15) is 11.8 Å². The molecule has 5 heteroatoms. The van der Waals surface area contributed by atoms with Crippen LogP contribution in [0.5, 0.6) is 5.75 Å². The lowest BCUT2D eigenvalue weighted by Gasteiger charge is -2.19. The first-order chi connectivity index (χ1) is 12.6. The van der Waals surface area contributed by atoms with Crippen LogP contribution in [0.1, 0.15) is 27.7 Å². The van der Waals surface area contributed by atoms with E-state index in [4.69, 9.17) is 4.74 Å². The van der Waals surface area contributed by atoms with E-state index < -0.39 is 12.0 Å². The van der Waals surface area contributed by atoms with Gasteiger partial charge in [-0.25, -0.2) is 4.79 Å². The summed E-state index contributed by atoms with van der Waals surface area (Å²) in [5.41, 5.74) is 1.83. The highest BCUT2D eigenvalue weighted by atomic mass is 16.5. The van der Waals surface area contributed by atoms with Gasteiger partial charge in [0, 0.05) is 18.2 Å². The monoisotopic (exact) mass is 349 g/mol. The minimum Gasteiger partial charge on any atom is -0.508 e. The van der Waals surface area contributed by atoms with Crippen LogP contribution in [-0.2, 0) is 16.0 Å². The highest BCUT2D eigenvalue weighted by molar-refractivity contribution is 6.08. The number of aromatic nitrogens is 1. The fourth-order valence-corrected chi connectivity index (χ4v) is 2.88. The molecule has 0 saturated heterocycles. The van der Waals surface area contributed by atoms with E-state index in [-0.39, 0.29) is 11.5 Å². The first kappa shape index (κ1) is 17.5. The van der Waals surface area contributed by atoms with E-state index in [0.29, 0.717) is 17.7 Å². The third-order valence-electron chi connectivity index (χ3n) is 4.22. The Bertz CT molecular complexity index is 897. The van der Waals surface area contributed by atoms with Crippen molar-refractivity contribution in [3.63, 3.8) is 0 Å². The molecule has 3 aromatic rings. The standard InChI is InChI=1S/C21H19NO4/c1-26-21(25)19(14-15-9-11-17(23)12-10-15)22-13-5-8-18(22)20(24)16-6-3-2-4-7-16/h2-13,19,23H,14H2,1H3/t19-/m0/s1. The van der Waals surface area contributed by atoms with Crippen LogP contribution >= 0.6 is 0 Å². The highest BCUT2D eigenvalue weighted by Crippen LogP contribution is 2.22. The van der Waals surface area contributed by atoms with Crippen molar-refractivity contribution in [1.29, 1.82) is 0 Å². The summed E-state index contributed by atoms with van der Waals surface area (Å²) >= 11 is 0. The number of methoxy groups -OCH3 is 1. The van der Waals surface area contributed by atoms with Crippen LogP contribution in [0.3, 0.4) is 0 Å². The van der Waals surface area contributed by atoms with Crippen molar-refractivity contribution < 1.29 is 19.4 Å². The Morgan fingerprint density at radius 3 is 2.35 bits per heavy atom. The summed E-state index contributed by atoms with van der Waals surface area (Å²) in [6.45, 7) is 0. The van der Waals surface area contributed by atoms with Crippen LogP contribution in [0.25, 0.3) is 0 Å². The van der Waals surface area contributed by atoms with Crippen molar-refractivity contribution in [2.75, 3.05) is 7.11 Å². The zero-order valence-electron chi connectivity index (χ0n) is 14.3. The maximum absolute atomic E-state index is 12.8. The molecule has 1 atom stereocenters. The first-order valence-electron chi connectivity index (χ1n) is 8.22. The van der Waals surface area contributed by atoms with Crippen molar-refractivity contribution >= 4 is 11.8 Å². The molecular formula is C21H19NO4. The number of ether oxygens (including phenoxy) is 1. The van der Waals surface area contributed by atoms with E-state index in [1.54, 1.807) is 71.4 Å². The van der Waals surface area contributed by atoms with Crippen molar-refractivity contribution in [3.05, 3.63) is 89.7 Å². The maximum Gasteiger partial charge on any atom is 0.329 e. The summed E-state index contributed by atoms with van der Waals surface area (Å²) in [5, 5.41) is 9.43. The molecule has 0 radical (unpaired) electrons.